The van der Waals surface area contributed by atoms with Crippen LogP contribution in [0.2, 0.25) is 0 Å². The Morgan fingerprint density at radius 3 is 2.18 bits per heavy atom. The summed E-state index contributed by atoms with van der Waals surface area (Å²) in [7, 11) is 2.16. The number of likely N-dealkylation sites (N-methyl/N-ethyl adjacent to an activating group) is 1. The molecule has 0 aliphatic rings. The molecule has 2 rings (SSSR count). The zero-order valence-corrected chi connectivity index (χ0v) is 19.1. The lowest BCUT2D eigenvalue weighted by Crippen LogP contribution is -3.00. The fourth-order valence-electron chi connectivity index (χ4n) is 2.93. The normalized spacial score (nSPS) is 10.8. The molecule has 0 radical (unpaired) electrons. The molecule has 0 atom stereocenters. The summed E-state index contributed by atoms with van der Waals surface area (Å²) < 4.78 is 6.40. The predicted octanol–water partition coefficient (Wildman–Crippen LogP) is 1.15. The monoisotopic (exact) mass is 495 g/mol. The number of quaternary nitrogens is 1. The van der Waals surface area contributed by atoms with Crippen LogP contribution in [0.4, 0.5) is 0 Å². The van der Waals surface area contributed by atoms with Crippen molar-refractivity contribution in [1.82, 2.24) is 0 Å². The number of Topliss-reactive ketones (excluding diaryl/α,β-unsaturated/α-hetero) is 1. The van der Waals surface area contributed by atoms with Crippen LogP contribution in [-0.2, 0) is 11.2 Å². The van der Waals surface area contributed by atoms with E-state index in [-0.39, 0.29) is 35.7 Å². The molecule has 0 heterocycles. The van der Waals surface area contributed by atoms with E-state index in [9.17, 15) is 9.59 Å². The van der Waals surface area contributed by atoms with Gasteiger partial charge in [0.05, 0.1) is 25.7 Å². The molecule has 0 amide bonds. The first-order chi connectivity index (χ1) is 13.0. The summed E-state index contributed by atoms with van der Waals surface area (Å²) in [6, 6.07) is 16.6. The molecule has 0 N–H and O–H groups in total. The Labute approximate surface area is 185 Å². The van der Waals surface area contributed by atoms with Gasteiger partial charge in [-0.15, -0.1) is 0 Å². The van der Waals surface area contributed by atoms with Gasteiger partial charge in [-0.1, -0.05) is 48.5 Å². The van der Waals surface area contributed by atoms with E-state index in [1.807, 2.05) is 48.5 Å². The zero-order chi connectivity index (χ0) is 19.7. The number of ketones is 1. The molecule has 0 fully saturated rings. The van der Waals surface area contributed by atoms with Crippen LogP contribution in [0.25, 0.3) is 0 Å². The summed E-state index contributed by atoms with van der Waals surface area (Å²) in [5, 5.41) is 0. The average Bonchev–Trinajstić information content (AvgIpc) is 2.72. The zero-order valence-electron chi connectivity index (χ0n) is 17.0. The summed E-state index contributed by atoms with van der Waals surface area (Å²) in [4.78, 5) is 24.9. The van der Waals surface area contributed by atoms with Gasteiger partial charge >= 0.3 is 5.97 Å². The number of hydrogen-bond donors (Lipinski definition) is 0. The first-order valence-electron chi connectivity index (χ1n) is 9.66. The second kappa shape index (κ2) is 12.0. The van der Waals surface area contributed by atoms with Crippen molar-refractivity contribution in [2.24, 2.45) is 0 Å². The number of ether oxygens (including phenoxy) is 1. The minimum Gasteiger partial charge on any atom is -1.00 e. The number of carbonyl (C=O) groups is 2. The highest BCUT2D eigenvalue weighted by molar-refractivity contribution is 5.96. The highest BCUT2D eigenvalue weighted by Gasteiger charge is 2.19. The second-order valence-corrected chi connectivity index (χ2v) is 7.06. The molecular formula is C23H30INO3. The molecular weight excluding hydrogens is 465 g/mol. The van der Waals surface area contributed by atoms with Gasteiger partial charge in [0.2, 0.25) is 0 Å². The Morgan fingerprint density at radius 2 is 1.54 bits per heavy atom. The van der Waals surface area contributed by atoms with Gasteiger partial charge in [0, 0.05) is 12.0 Å². The summed E-state index contributed by atoms with van der Waals surface area (Å²) in [5.41, 5.74) is 2.12. The molecule has 5 heteroatoms. The van der Waals surface area contributed by atoms with Gasteiger partial charge < -0.3 is 33.2 Å². The Morgan fingerprint density at radius 1 is 0.929 bits per heavy atom. The number of benzene rings is 2. The Bertz CT molecular complexity index is 757. The van der Waals surface area contributed by atoms with Crippen LogP contribution in [0, 0.1) is 0 Å². The maximum atomic E-state index is 12.5. The largest absolute Gasteiger partial charge is 1.00 e. The molecule has 0 aliphatic heterocycles. The molecule has 0 aliphatic carbocycles. The molecule has 0 aromatic heterocycles. The van der Waals surface area contributed by atoms with E-state index in [4.69, 9.17) is 4.74 Å². The van der Waals surface area contributed by atoms with E-state index in [2.05, 4.69) is 20.9 Å². The van der Waals surface area contributed by atoms with Crippen LogP contribution >= 0.6 is 0 Å². The third kappa shape index (κ3) is 7.02. The molecule has 28 heavy (non-hydrogen) atoms. The summed E-state index contributed by atoms with van der Waals surface area (Å²) in [5.74, 6) is -0.228. The highest BCUT2D eigenvalue weighted by atomic mass is 127. The summed E-state index contributed by atoms with van der Waals surface area (Å²) >= 11 is 0. The number of rotatable bonds is 10. The number of hydrogen-bond acceptors (Lipinski definition) is 3. The standard InChI is InChI=1S/C23H30NO3.HI/c1-4-24(3,5-2)17-18-27-23(26)21-14-10-9-11-19(21)15-16-22(25)20-12-7-6-8-13-20;/h6-14H,4-5,15-18H2,1-3H3;1H/q+1;/p-1. The third-order valence-electron chi connectivity index (χ3n) is 5.35. The van der Waals surface area contributed by atoms with Crippen molar-refractivity contribution in [1.29, 1.82) is 0 Å². The van der Waals surface area contributed by atoms with Gasteiger partial charge in [-0.3, -0.25) is 4.79 Å². The molecule has 0 saturated heterocycles. The first-order valence-corrected chi connectivity index (χ1v) is 9.66. The van der Waals surface area contributed by atoms with Gasteiger partial charge in [0.1, 0.15) is 13.2 Å². The maximum absolute atomic E-state index is 12.5. The quantitative estimate of drug-likeness (QED) is 0.215. The number of nitrogens with zero attached hydrogens (tertiary/aromatic N) is 1. The van der Waals surface area contributed by atoms with Crippen molar-refractivity contribution in [2.75, 3.05) is 33.3 Å². The van der Waals surface area contributed by atoms with Crippen LogP contribution < -0.4 is 24.0 Å². The molecule has 2 aromatic carbocycles. The van der Waals surface area contributed by atoms with Crippen molar-refractivity contribution in [2.45, 2.75) is 26.7 Å². The first kappa shape index (κ1) is 24.3. The third-order valence-corrected chi connectivity index (χ3v) is 5.35. The molecule has 2 aromatic rings. The topological polar surface area (TPSA) is 43.4 Å². The van der Waals surface area contributed by atoms with Gasteiger partial charge in [-0.25, -0.2) is 4.79 Å². The van der Waals surface area contributed by atoms with Crippen molar-refractivity contribution < 1.29 is 42.8 Å². The van der Waals surface area contributed by atoms with E-state index >= 15 is 0 Å². The molecule has 152 valence electrons. The van der Waals surface area contributed by atoms with Crippen molar-refractivity contribution in [3.63, 3.8) is 0 Å². The van der Waals surface area contributed by atoms with E-state index in [0.29, 0.717) is 30.6 Å². The van der Waals surface area contributed by atoms with Gasteiger partial charge in [0.15, 0.2) is 5.78 Å². The lowest BCUT2D eigenvalue weighted by molar-refractivity contribution is -0.906. The van der Waals surface area contributed by atoms with Crippen molar-refractivity contribution in [3.8, 4) is 0 Å². The number of aryl methyl sites for hydroxylation is 1. The summed E-state index contributed by atoms with van der Waals surface area (Å²) in [6.07, 6.45) is 0.894. The van der Waals surface area contributed by atoms with Crippen molar-refractivity contribution in [3.05, 3.63) is 71.3 Å². The smallest absolute Gasteiger partial charge is 0.338 e. The Balaban J connectivity index is 0.00000392. The van der Waals surface area contributed by atoms with Gasteiger partial charge in [-0.2, -0.15) is 0 Å². The molecule has 0 saturated carbocycles. The second-order valence-electron chi connectivity index (χ2n) is 7.06. The van der Waals surface area contributed by atoms with E-state index in [1.54, 1.807) is 6.07 Å². The van der Waals surface area contributed by atoms with Gasteiger partial charge in [0.25, 0.3) is 0 Å². The highest BCUT2D eigenvalue weighted by Crippen LogP contribution is 2.15. The van der Waals surface area contributed by atoms with Crippen LogP contribution in [0.15, 0.2) is 54.6 Å². The fourth-order valence-corrected chi connectivity index (χ4v) is 2.93. The average molecular weight is 495 g/mol. The number of carbonyl (C=O) groups excluding carboxylic acids is 2. The minimum absolute atomic E-state index is 0. The molecule has 0 bridgehead atoms. The summed E-state index contributed by atoms with van der Waals surface area (Å²) in [6.45, 7) is 7.49. The van der Waals surface area contributed by atoms with Crippen molar-refractivity contribution >= 4 is 11.8 Å². The van der Waals surface area contributed by atoms with Crippen LogP contribution in [0.3, 0.4) is 0 Å². The van der Waals surface area contributed by atoms with Crippen LogP contribution in [0.5, 0.6) is 0 Å². The van der Waals surface area contributed by atoms with Crippen LogP contribution in [0.1, 0.15) is 46.5 Å². The predicted molar refractivity (Wildman–Crippen MR) is 108 cm³/mol. The maximum Gasteiger partial charge on any atom is 0.338 e. The van der Waals surface area contributed by atoms with E-state index in [1.165, 1.54) is 0 Å². The molecule has 0 spiro atoms. The Kier molecular flexibility index (Phi) is 10.4. The SMILES string of the molecule is CC[N+](C)(CC)CCOC(=O)c1ccccc1CCC(=O)c1ccccc1.[I-]. The lowest BCUT2D eigenvalue weighted by atomic mass is 9.99. The minimum atomic E-state index is -0.309. The number of halogens is 1. The lowest BCUT2D eigenvalue weighted by Gasteiger charge is -2.31. The Hall–Kier alpha value is -1.73. The molecule has 4 nitrogen and oxygen atoms in total. The van der Waals surface area contributed by atoms with Gasteiger partial charge in [-0.05, 0) is 31.9 Å². The van der Waals surface area contributed by atoms with E-state index in [0.717, 1.165) is 29.7 Å². The fraction of sp³-hybridized carbons (Fsp3) is 0.391. The molecule has 0 unspecified atom stereocenters. The van der Waals surface area contributed by atoms with Crippen LogP contribution in [-0.4, -0.2) is 49.5 Å². The van der Waals surface area contributed by atoms with E-state index < -0.39 is 0 Å². The number of esters is 1.